The molecular weight excluding hydrogens is 160 g/mol. The lowest BCUT2D eigenvalue weighted by Crippen LogP contribution is -2.31. The summed E-state index contributed by atoms with van der Waals surface area (Å²) in [6, 6.07) is 0. The van der Waals surface area contributed by atoms with Crippen LogP contribution in [0.1, 0.15) is 40.0 Å². The van der Waals surface area contributed by atoms with Gasteiger partial charge in [0.1, 0.15) is 0 Å². The molecule has 0 aromatic heterocycles. The van der Waals surface area contributed by atoms with Crippen LogP contribution in [0.15, 0.2) is 12.2 Å². The molecule has 0 aliphatic heterocycles. The molecule has 0 N–H and O–H groups in total. The zero-order valence-corrected chi connectivity index (χ0v) is 9.39. The van der Waals surface area contributed by atoms with Crippen LogP contribution in [0.3, 0.4) is 0 Å². The van der Waals surface area contributed by atoms with E-state index in [9.17, 15) is 0 Å². The van der Waals surface area contributed by atoms with E-state index >= 15 is 0 Å². The Morgan fingerprint density at radius 3 is 2.46 bits per heavy atom. The second-order valence-corrected chi connectivity index (χ2v) is 5.22. The molecule has 1 saturated carbocycles. The lowest BCUT2D eigenvalue weighted by atomic mass is 9.70. The van der Waals surface area contributed by atoms with Crippen LogP contribution in [0.5, 0.6) is 0 Å². The first kappa shape index (κ1) is 10.8. The van der Waals surface area contributed by atoms with Gasteiger partial charge in [0, 0.05) is 7.11 Å². The summed E-state index contributed by atoms with van der Waals surface area (Å²) < 4.78 is 5.43. The van der Waals surface area contributed by atoms with Crippen LogP contribution in [0.25, 0.3) is 0 Å². The third kappa shape index (κ3) is 2.57. The summed E-state index contributed by atoms with van der Waals surface area (Å²) in [5, 5.41) is 0. The fourth-order valence-electron chi connectivity index (χ4n) is 2.11. The van der Waals surface area contributed by atoms with Crippen molar-refractivity contribution in [3.63, 3.8) is 0 Å². The van der Waals surface area contributed by atoms with Crippen molar-refractivity contribution >= 4 is 0 Å². The molecule has 1 rings (SSSR count). The van der Waals surface area contributed by atoms with Gasteiger partial charge in [0.05, 0.1) is 6.10 Å². The van der Waals surface area contributed by atoms with Crippen molar-refractivity contribution in [3.05, 3.63) is 12.2 Å². The van der Waals surface area contributed by atoms with Crippen molar-refractivity contribution in [1.82, 2.24) is 0 Å². The number of ether oxygens (including phenoxy) is 1. The summed E-state index contributed by atoms with van der Waals surface area (Å²) in [6.07, 6.45) is 3.87. The van der Waals surface area contributed by atoms with Crippen molar-refractivity contribution in [2.75, 3.05) is 7.11 Å². The monoisotopic (exact) mass is 182 g/mol. The minimum Gasteiger partial charge on any atom is -0.377 e. The highest BCUT2D eigenvalue weighted by atomic mass is 16.5. The molecule has 1 heteroatoms. The summed E-state index contributed by atoms with van der Waals surface area (Å²) in [7, 11) is 1.79. The van der Waals surface area contributed by atoms with Crippen molar-refractivity contribution in [2.45, 2.75) is 46.1 Å². The van der Waals surface area contributed by atoms with E-state index in [0.717, 1.165) is 18.8 Å². The third-order valence-corrected chi connectivity index (χ3v) is 3.28. The van der Waals surface area contributed by atoms with E-state index in [1.54, 1.807) is 7.11 Å². The van der Waals surface area contributed by atoms with Crippen LogP contribution in [-0.2, 0) is 4.74 Å². The zero-order chi connectivity index (χ0) is 10.1. The van der Waals surface area contributed by atoms with Gasteiger partial charge < -0.3 is 4.74 Å². The molecule has 0 radical (unpaired) electrons. The van der Waals surface area contributed by atoms with Gasteiger partial charge in [-0.1, -0.05) is 27.4 Å². The maximum atomic E-state index is 5.43. The number of hydrogen-bond acceptors (Lipinski definition) is 1. The Morgan fingerprint density at radius 1 is 1.38 bits per heavy atom. The molecule has 0 aromatic rings. The molecule has 0 aromatic carbocycles. The van der Waals surface area contributed by atoms with Crippen LogP contribution in [0, 0.1) is 11.3 Å². The fraction of sp³-hybridized carbons (Fsp3) is 0.833. The minimum atomic E-state index is 0.304. The molecule has 0 heterocycles. The van der Waals surface area contributed by atoms with Crippen molar-refractivity contribution in [2.24, 2.45) is 11.3 Å². The predicted octanol–water partition coefficient (Wildman–Crippen LogP) is 3.40. The summed E-state index contributed by atoms with van der Waals surface area (Å²) in [6.45, 7) is 11.0. The van der Waals surface area contributed by atoms with Gasteiger partial charge in [-0.15, -0.1) is 0 Å². The first-order valence-corrected chi connectivity index (χ1v) is 5.15. The maximum absolute atomic E-state index is 5.43. The molecule has 0 bridgehead atoms. The highest BCUT2D eigenvalue weighted by Crippen LogP contribution is 2.39. The van der Waals surface area contributed by atoms with Crippen LogP contribution in [-0.4, -0.2) is 13.2 Å². The number of rotatable bonds is 1. The summed E-state index contributed by atoms with van der Waals surface area (Å²) >= 11 is 0. The second kappa shape index (κ2) is 3.83. The second-order valence-electron chi connectivity index (χ2n) is 5.22. The largest absolute Gasteiger partial charge is 0.377 e. The predicted molar refractivity (Wildman–Crippen MR) is 56.7 cm³/mol. The van der Waals surface area contributed by atoms with Crippen molar-refractivity contribution < 1.29 is 4.74 Å². The molecule has 0 spiro atoms. The number of hydrogen-bond donors (Lipinski definition) is 0. The van der Waals surface area contributed by atoms with Gasteiger partial charge in [0.15, 0.2) is 0 Å². The average molecular weight is 182 g/mol. The Morgan fingerprint density at radius 2 is 2.00 bits per heavy atom. The average Bonchev–Trinajstić information content (AvgIpc) is 2.03. The van der Waals surface area contributed by atoms with Crippen molar-refractivity contribution in [1.29, 1.82) is 0 Å². The van der Waals surface area contributed by atoms with E-state index in [4.69, 9.17) is 4.74 Å². The van der Waals surface area contributed by atoms with E-state index in [1.165, 1.54) is 12.0 Å². The minimum absolute atomic E-state index is 0.304. The van der Waals surface area contributed by atoms with E-state index < -0.39 is 0 Å². The van der Waals surface area contributed by atoms with E-state index in [2.05, 4.69) is 27.4 Å². The van der Waals surface area contributed by atoms with Crippen LogP contribution >= 0.6 is 0 Å². The molecule has 76 valence electrons. The number of methoxy groups -OCH3 is 1. The molecule has 1 nitrogen and oxygen atoms in total. The molecule has 1 fully saturated rings. The third-order valence-electron chi connectivity index (χ3n) is 3.28. The molecule has 1 aliphatic rings. The lowest BCUT2D eigenvalue weighted by molar-refractivity contribution is 0.0579. The maximum Gasteiger partial charge on any atom is 0.0781 e. The molecule has 13 heavy (non-hydrogen) atoms. The van der Waals surface area contributed by atoms with Gasteiger partial charge in [-0.05, 0) is 36.2 Å². The Kier molecular flexibility index (Phi) is 3.18. The summed E-state index contributed by atoms with van der Waals surface area (Å²) in [5.74, 6) is 0.781. The Balaban J connectivity index is 2.60. The summed E-state index contributed by atoms with van der Waals surface area (Å²) in [5.41, 5.74) is 1.69. The Bertz CT molecular complexity index is 188. The van der Waals surface area contributed by atoms with Gasteiger partial charge >= 0.3 is 0 Å². The quantitative estimate of drug-likeness (QED) is 0.565. The van der Waals surface area contributed by atoms with Gasteiger partial charge in [0.2, 0.25) is 0 Å². The van der Waals surface area contributed by atoms with Crippen LogP contribution < -0.4 is 0 Å². The van der Waals surface area contributed by atoms with Gasteiger partial charge in [0.25, 0.3) is 0 Å². The van der Waals surface area contributed by atoms with Crippen LogP contribution in [0.2, 0.25) is 0 Å². The normalized spacial score (nSPS) is 30.6. The smallest absolute Gasteiger partial charge is 0.0781 e. The first-order valence-electron chi connectivity index (χ1n) is 5.15. The molecular formula is C12H22O. The standard InChI is InChI=1S/C12H22O/c1-9-6-7-10(12(2,3)4)8-11(9)13-5/h10-11H,1,6-8H2,2-5H3. The highest BCUT2D eigenvalue weighted by Gasteiger charge is 2.32. The molecule has 1 aliphatic carbocycles. The molecule has 0 amide bonds. The molecule has 2 unspecified atom stereocenters. The van der Waals surface area contributed by atoms with Gasteiger partial charge in [-0.2, -0.15) is 0 Å². The van der Waals surface area contributed by atoms with Gasteiger partial charge in [-0.3, -0.25) is 0 Å². The van der Waals surface area contributed by atoms with E-state index in [1.807, 2.05) is 0 Å². The Hall–Kier alpha value is -0.300. The topological polar surface area (TPSA) is 9.23 Å². The van der Waals surface area contributed by atoms with E-state index in [-0.39, 0.29) is 0 Å². The van der Waals surface area contributed by atoms with Crippen molar-refractivity contribution in [3.8, 4) is 0 Å². The van der Waals surface area contributed by atoms with Crippen LogP contribution in [0.4, 0.5) is 0 Å². The first-order chi connectivity index (χ1) is 5.95. The fourth-order valence-corrected chi connectivity index (χ4v) is 2.11. The zero-order valence-electron chi connectivity index (χ0n) is 9.39. The molecule has 0 saturated heterocycles. The molecule has 2 atom stereocenters. The lowest BCUT2D eigenvalue weighted by Gasteiger charge is -2.38. The highest BCUT2D eigenvalue weighted by molar-refractivity contribution is 5.07. The Labute approximate surface area is 82.2 Å². The van der Waals surface area contributed by atoms with Gasteiger partial charge in [-0.25, -0.2) is 0 Å². The summed E-state index contributed by atoms with van der Waals surface area (Å²) in [4.78, 5) is 0. The SMILES string of the molecule is C=C1CCC(C(C)(C)C)CC1OC. The van der Waals surface area contributed by atoms with E-state index in [0.29, 0.717) is 11.5 Å².